The van der Waals surface area contributed by atoms with Gasteiger partial charge in [-0.05, 0) is 19.3 Å². The Bertz CT molecular complexity index is 230. The van der Waals surface area contributed by atoms with E-state index in [1.807, 2.05) is 0 Å². The smallest absolute Gasteiger partial charge is 0.323 e. The van der Waals surface area contributed by atoms with Crippen LogP contribution in [0.5, 0.6) is 0 Å². The highest BCUT2D eigenvalue weighted by Gasteiger charge is 2.39. The number of carbonyl (C=O) groups excluding carboxylic acids is 1. The number of aliphatic hydroxyl groups is 1. The number of aliphatic hydroxyl groups excluding tert-OH is 1. The molecule has 1 atom stereocenters. The Morgan fingerprint density at radius 2 is 2.12 bits per heavy atom. The number of rotatable bonds is 6. The lowest BCUT2D eigenvalue weighted by Crippen LogP contribution is -2.56. The third kappa shape index (κ3) is 2.55. The van der Waals surface area contributed by atoms with Crippen LogP contribution in [0.3, 0.4) is 0 Å². The number of carbonyl (C=O) groups is 1. The van der Waals surface area contributed by atoms with Crippen LogP contribution in [-0.4, -0.2) is 48.8 Å². The first-order chi connectivity index (χ1) is 7.62. The van der Waals surface area contributed by atoms with Crippen LogP contribution in [-0.2, 0) is 9.53 Å². The first-order valence-electron chi connectivity index (χ1n) is 6.05. The fraction of sp³-hybridized carbons (Fsp3) is 0.917. The van der Waals surface area contributed by atoms with E-state index in [9.17, 15) is 9.90 Å². The Labute approximate surface area is 97.6 Å². The monoisotopic (exact) mass is 229 g/mol. The number of methoxy groups -OCH3 is 1. The molecule has 1 rings (SSSR count). The first kappa shape index (κ1) is 13.5. The normalized spacial score (nSPS) is 21.6. The minimum atomic E-state index is -0.148. The van der Waals surface area contributed by atoms with Gasteiger partial charge in [-0.2, -0.15) is 0 Å². The molecule has 0 spiro atoms. The second kappa shape index (κ2) is 5.64. The van der Waals surface area contributed by atoms with E-state index >= 15 is 0 Å². The van der Waals surface area contributed by atoms with Gasteiger partial charge >= 0.3 is 5.97 Å². The van der Waals surface area contributed by atoms with Crippen molar-refractivity contribution < 1.29 is 14.6 Å². The van der Waals surface area contributed by atoms with Crippen molar-refractivity contribution in [3.8, 4) is 0 Å². The molecule has 0 aromatic rings. The fourth-order valence-electron chi connectivity index (χ4n) is 2.21. The van der Waals surface area contributed by atoms with Gasteiger partial charge < -0.3 is 9.84 Å². The molecule has 1 saturated heterocycles. The van der Waals surface area contributed by atoms with E-state index in [1.54, 1.807) is 0 Å². The standard InChI is InChI=1S/C12H23NO3/c1-4-12(5-2,9-14)8-13-7-6-10(13)11(15)16-3/h10,14H,4-9H2,1-3H3. The minimum Gasteiger partial charge on any atom is -0.468 e. The van der Waals surface area contributed by atoms with E-state index in [2.05, 4.69) is 18.7 Å². The lowest BCUT2D eigenvalue weighted by molar-refractivity contribution is -0.153. The van der Waals surface area contributed by atoms with Crippen molar-refractivity contribution >= 4 is 5.97 Å². The van der Waals surface area contributed by atoms with Gasteiger partial charge in [0.15, 0.2) is 0 Å². The highest BCUT2D eigenvalue weighted by molar-refractivity contribution is 5.76. The highest BCUT2D eigenvalue weighted by atomic mass is 16.5. The summed E-state index contributed by atoms with van der Waals surface area (Å²) in [6.45, 7) is 6.08. The van der Waals surface area contributed by atoms with Crippen molar-refractivity contribution in [3.05, 3.63) is 0 Å². The van der Waals surface area contributed by atoms with Gasteiger partial charge in [0.1, 0.15) is 6.04 Å². The van der Waals surface area contributed by atoms with Crippen LogP contribution in [0, 0.1) is 5.41 Å². The van der Waals surface area contributed by atoms with E-state index in [4.69, 9.17) is 4.74 Å². The predicted molar refractivity (Wildman–Crippen MR) is 62.1 cm³/mol. The maximum atomic E-state index is 11.4. The zero-order chi connectivity index (χ0) is 12.2. The predicted octanol–water partition coefficient (Wildman–Crippen LogP) is 1.03. The molecule has 0 bridgehead atoms. The first-order valence-corrected chi connectivity index (χ1v) is 6.05. The third-order valence-electron chi connectivity index (χ3n) is 3.98. The zero-order valence-corrected chi connectivity index (χ0v) is 10.5. The van der Waals surface area contributed by atoms with Crippen molar-refractivity contribution in [2.75, 3.05) is 26.8 Å². The molecular formula is C12H23NO3. The van der Waals surface area contributed by atoms with Gasteiger partial charge in [0, 0.05) is 25.1 Å². The van der Waals surface area contributed by atoms with Gasteiger partial charge in [0.2, 0.25) is 0 Å². The van der Waals surface area contributed by atoms with E-state index < -0.39 is 0 Å². The molecule has 94 valence electrons. The molecule has 16 heavy (non-hydrogen) atoms. The van der Waals surface area contributed by atoms with Gasteiger partial charge in [-0.1, -0.05) is 13.8 Å². The topological polar surface area (TPSA) is 49.8 Å². The average molecular weight is 229 g/mol. The van der Waals surface area contributed by atoms with Crippen LogP contribution in [0.25, 0.3) is 0 Å². The summed E-state index contributed by atoms with van der Waals surface area (Å²) < 4.78 is 4.76. The Hall–Kier alpha value is -0.610. The number of likely N-dealkylation sites (tertiary alicyclic amines) is 1. The van der Waals surface area contributed by atoms with Crippen LogP contribution in [0.4, 0.5) is 0 Å². The molecule has 0 aliphatic carbocycles. The Morgan fingerprint density at radius 3 is 2.44 bits per heavy atom. The molecule has 4 heteroatoms. The summed E-state index contributed by atoms with van der Waals surface area (Å²) in [4.78, 5) is 13.5. The molecule has 0 aromatic heterocycles. The van der Waals surface area contributed by atoms with Crippen molar-refractivity contribution in [1.29, 1.82) is 0 Å². The van der Waals surface area contributed by atoms with Crippen molar-refractivity contribution in [2.24, 2.45) is 5.41 Å². The van der Waals surface area contributed by atoms with Gasteiger partial charge in [0.25, 0.3) is 0 Å². The summed E-state index contributed by atoms with van der Waals surface area (Å²) in [5.74, 6) is -0.148. The molecule has 1 aliphatic rings. The number of hydrogen-bond donors (Lipinski definition) is 1. The van der Waals surface area contributed by atoms with Crippen LogP contribution in [0.2, 0.25) is 0 Å². The summed E-state index contributed by atoms with van der Waals surface area (Å²) in [5.41, 5.74) is -0.0628. The summed E-state index contributed by atoms with van der Waals surface area (Å²) in [6, 6.07) is -0.0889. The van der Waals surface area contributed by atoms with Crippen molar-refractivity contribution in [3.63, 3.8) is 0 Å². The SMILES string of the molecule is CCC(CC)(CO)CN1CCC1C(=O)OC. The molecule has 0 radical (unpaired) electrons. The van der Waals surface area contributed by atoms with Gasteiger partial charge in [-0.3, -0.25) is 9.69 Å². The van der Waals surface area contributed by atoms with E-state index in [0.717, 1.165) is 32.4 Å². The molecule has 0 aromatic carbocycles. The zero-order valence-electron chi connectivity index (χ0n) is 10.5. The molecule has 1 aliphatic heterocycles. The number of nitrogens with zero attached hydrogens (tertiary/aromatic N) is 1. The number of ether oxygens (including phenoxy) is 1. The van der Waals surface area contributed by atoms with Crippen LogP contribution < -0.4 is 0 Å². The summed E-state index contributed by atoms with van der Waals surface area (Å²) in [5, 5.41) is 9.48. The van der Waals surface area contributed by atoms with Crippen molar-refractivity contribution in [1.82, 2.24) is 4.90 Å². The lowest BCUT2D eigenvalue weighted by atomic mass is 9.81. The van der Waals surface area contributed by atoms with Gasteiger partial charge in [-0.25, -0.2) is 0 Å². The van der Waals surface area contributed by atoms with Gasteiger partial charge in [-0.15, -0.1) is 0 Å². The summed E-state index contributed by atoms with van der Waals surface area (Å²) in [7, 11) is 1.43. The molecule has 0 saturated carbocycles. The van der Waals surface area contributed by atoms with Gasteiger partial charge in [0.05, 0.1) is 7.11 Å². The lowest BCUT2D eigenvalue weighted by Gasteiger charge is -2.44. The van der Waals surface area contributed by atoms with Crippen molar-refractivity contribution in [2.45, 2.75) is 39.2 Å². The maximum Gasteiger partial charge on any atom is 0.323 e. The van der Waals surface area contributed by atoms with E-state index in [0.29, 0.717) is 0 Å². The van der Waals surface area contributed by atoms with Crippen LogP contribution >= 0.6 is 0 Å². The quantitative estimate of drug-likeness (QED) is 0.691. The fourth-order valence-corrected chi connectivity index (χ4v) is 2.21. The number of hydrogen-bond acceptors (Lipinski definition) is 4. The molecule has 1 N–H and O–H groups in total. The highest BCUT2D eigenvalue weighted by Crippen LogP contribution is 2.31. The summed E-state index contributed by atoms with van der Waals surface area (Å²) in [6.07, 6.45) is 2.75. The largest absolute Gasteiger partial charge is 0.468 e. The van der Waals surface area contributed by atoms with E-state index in [-0.39, 0.29) is 24.0 Å². The average Bonchev–Trinajstić information content (AvgIpc) is 2.30. The molecule has 1 heterocycles. The Balaban J connectivity index is 2.56. The van der Waals surface area contributed by atoms with Crippen LogP contribution in [0.1, 0.15) is 33.1 Å². The third-order valence-corrected chi connectivity index (χ3v) is 3.98. The number of esters is 1. The second-order valence-electron chi connectivity index (χ2n) is 4.66. The van der Waals surface area contributed by atoms with E-state index in [1.165, 1.54) is 7.11 Å². The Kier molecular flexibility index (Phi) is 4.74. The Morgan fingerprint density at radius 1 is 1.50 bits per heavy atom. The van der Waals surface area contributed by atoms with Crippen LogP contribution in [0.15, 0.2) is 0 Å². The maximum absolute atomic E-state index is 11.4. The molecule has 1 fully saturated rings. The summed E-state index contributed by atoms with van der Waals surface area (Å²) >= 11 is 0. The molecular weight excluding hydrogens is 206 g/mol. The molecule has 1 unspecified atom stereocenters. The molecule has 4 nitrogen and oxygen atoms in total. The second-order valence-corrected chi connectivity index (χ2v) is 4.66. The minimum absolute atomic E-state index is 0.0628. The molecule has 0 amide bonds.